The number of aryl methyl sites for hydroxylation is 2. The smallest absolute Gasteiger partial charge is 0.257 e. The second-order valence-electron chi connectivity index (χ2n) is 6.97. The molecule has 2 heterocycles. The number of amides is 2. The van der Waals surface area contributed by atoms with Crippen LogP contribution in [0.25, 0.3) is 0 Å². The lowest BCUT2D eigenvalue weighted by Gasteiger charge is -2.24. The minimum absolute atomic E-state index is 0.00695. The molecule has 1 aromatic rings. The lowest BCUT2D eigenvalue weighted by Crippen LogP contribution is -2.41. The van der Waals surface area contributed by atoms with Gasteiger partial charge in [-0.3, -0.25) is 9.59 Å². The fourth-order valence-electron chi connectivity index (χ4n) is 3.87. The molecular formula is C18H27N3O3. The maximum absolute atomic E-state index is 13.2. The van der Waals surface area contributed by atoms with Crippen molar-refractivity contribution in [1.29, 1.82) is 0 Å². The van der Waals surface area contributed by atoms with Gasteiger partial charge in [0.25, 0.3) is 5.91 Å². The van der Waals surface area contributed by atoms with Crippen LogP contribution in [-0.2, 0) is 17.6 Å². The molecule has 24 heavy (non-hydrogen) atoms. The monoisotopic (exact) mass is 333 g/mol. The van der Waals surface area contributed by atoms with Gasteiger partial charge in [0, 0.05) is 45.2 Å². The highest BCUT2D eigenvalue weighted by Gasteiger charge is 2.32. The third-order valence-electron chi connectivity index (χ3n) is 5.19. The highest BCUT2D eigenvalue weighted by atomic mass is 16.3. The van der Waals surface area contributed by atoms with E-state index in [0.717, 1.165) is 54.9 Å². The summed E-state index contributed by atoms with van der Waals surface area (Å²) in [4.78, 5) is 29.3. The van der Waals surface area contributed by atoms with Gasteiger partial charge in [-0.05, 0) is 33.2 Å². The molecule has 1 aliphatic heterocycles. The summed E-state index contributed by atoms with van der Waals surface area (Å²) in [5.74, 6) is 1.52. The summed E-state index contributed by atoms with van der Waals surface area (Å²) in [5, 5.41) is 2.72. The molecule has 0 saturated carbocycles. The third kappa shape index (κ3) is 3.20. The first-order chi connectivity index (χ1) is 11.5. The van der Waals surface area contributed by atoms with Gasteiger partial charge in [0.1, 0.15) is 11.5 Å². The van der Waals surface area contributed by atoms with Crippen LogP contribution in [0.5, 0.6) is 0 Å². The van der Waals surface area contributed by atoms with Crippen molar-refractivity contribution in [3.8, 4) is 0 Å². The molecule has 1 N–H and O–H groups in total. The van der Waals surface area contributed by atoms with Crippen LogP contribution in [0.4, 0.5) is 0 Å². The summed E-state index contributed by atoms with van der Waals surface area (Å²) >= 11 is 0. The van der Waals surface area contributed by atoms with Crippen LogP contribution in [0.1, 0.15) is 40.3 Å². The standard InChI is InChI=1S/C18H27N3O3/c1-12-16(14-6-4-5-7-15(14)24-12)18(23)21-9-8-20(3)10-13(11-21)17(22)19-2/h13H,4-11H2,1-3H3,(H,19,22)/t13-/m1/s1. The number of nitrogens with one attached hydrogen (secondary N) is 1. The van der Waals surface area contributed by atoms with E-state index in [9.17, 15) is 9.59 Å². The maximum atomic E-state index is 13.2. The summed E-state index contributed by atoms with van der Waals surface area (Å²) < 4.78 is 5.86. The zero-order valence-electron chi connectivity index (χ0n) is 14.9. The van der Waals surface area contributed by atoms with Gasteiger partial charge in [-0.25, -0.2) is 0 Å². The van der Waals surface area contributed by atoms with E-state index in [-0.39, 0.29) is 17.7 Å². The van der Waals surface area contributed by atoms with E-state index in [0.29, 0.717) is 19.6 Å². The van der Waals surface area contributed by atoms with Gasteiger partial charge in [-0.1, -0.05) is 0 Å². The van der Waals surface area contributed by atoms with Crippen LogP contribution < -0.4 is 5.32 Å². The maximum Gasteiger partial charge on any atom is 0.257 e. The molecule has 3 rings (SSSR count). The molecule has 2 aliphatic rings. The Morgan fingerprint density at radius 1 is 1.17 bits per heavy atom. The molecule has 1 aromatic heterocycles. The summed E-state index contributed by atoms with van der Waals surface area (Å²) in [6.45, 7) is 4.43. The molecule has 132 valence electrons. The molecule has 0 aromatic carbocycles. The third-order valence-corrected chi connectivity index (χ3v) is 5.19. The Labute approximate surface area is 143 Å². The lowest BCUT2D eigenvalue weighted by atomic mass is 9.94. The Hall–Kier alpha value is -1.82. The first kappa shape index (κ1) is 17.0. The molecule has 1 aliphatic carbocycles. The Kier molecular flexibility index (Phi) is 4.94. The van der Waals surface area contributed by atoms with Crippen molar-refractivity contribution in [2.75, 3.05) is 40.3 Å². The molecule has 0 radical (unpaired) electrons. The van der Waals surface area contributed by atoms with Crippen molar-refractivity contribution in [3.63, 3.8) is 0 Å². The van der Waals surface area contributed by atoms with E-state index in [1.807, 2.05) is 18.9 Å². The van der Waals surface area contributed by atoms with Crippen molar-refractivity contribution in [2.24, 2.45) is 5.92 Å². The molecule has 2 amide bonds. The fraction of sp³-hybridized carbons (Fsp3) is 0.667. The highest BCUT2D eigenvalue weighted by Crippen LogP contribution is 2.30. The molecule has 0 bridgehead atoms. The molecule has 1 saturated heterocycles. The number of furan rings is 1. The number of hydrogen-bond acceptors (Lipinski definition) is 4. The minimum Gasteiger partial charge on any atom is -0.465 e. The fourth-order valence-corrected chi connectivity index (χ4v) is 3.87. The zero-order chi connectivity index (χ0) is 17.3. The molecular weight excluding hydrogens is 306 g/mol. The van der Waals surface area contributed by atoms with E-state index in [4.69, 9.17) is 4.42 Å². The Morgan fingerprint density at radius 2 is 1.92 bits per heavy atom. The van der Waals surface area contributed by atoms with Crippen LogP contribution in [0, 0.1) is 12.8 Å². The van der Waals surface area contributed by atoms with Gasteiger partial charge in [0.2, 0.25) is 5.91 Å². The molecule has 0 spiro atoms. The van der Waals surface area contributed by atoms with Crippen LogP contribution in [0.2, 0.25) is 0 Å². The van der Waals surface area contributed by atoms with E-state index >= 15 is 0 Å². The lowest BCUT2D eigenvalue weighted by molar-refractivity contribution is -0.125. The largest absolute Gasteiger partial charge is 0.465 e. The van der Waals surface area contributed by atoms with Crippen LogP contribution >= 0.6 is 0 Å². The number of likely N-dealkylation sites (N-methyl/N-ethyl adjacent to an activating group) is 1. The predicted octanol–water partition coefficient (Wildman–Crippen LogP) is 1.22. The first-order valence-electron chi connectivity index (χ1n) is 8.81. The van der Waals surface area contributed by atoms with Crippen molar-refractivity contribution < 1.29 is 14.0 Å². The van der Waals surface area contributed by atoms with E-state index in [1.54, 1.807) is 7.05 Å². The van der Waals surface area contributed by atoms with Gasteiger partial charge in [0.15, 0.2) is 0 Å². The number of fused-ring (bicyclic) bond motifs is 1. The number of nitrogens with zero attached hydrogens (tertiary/aromatic N) is 2. The van der Waals surface area contributed by atoms with E-state index in [1.165, 1.54) is 0 Å². The van der Waals surface area contributed by atoms with Crippen LogP contribution in [-0.4, -0.2) is 61.9 Å². The quantitative estimate of drug-likeness (QED) is 0.884. The van der Waals surface area contributed by atoms with Gasteiger partial charge in [-0.15, -0.1) is 0 Å². The highest BCUT2D eigenvalue weighted by molar-refractivity contribution is 5.97. The summed E-state index contributed by atoms with van der Waals surface area (Å²) in [6.07, 6.45) is 4.07. The number of hydrogen-bond donors (Lipinski definition) is 1. The predicted molar refractivity (Wildman–Crippen MR) is 91.0 cm³/mol. The minimum atomic E-state index is -0.200. The summed E-state index contributed by atoms with van der Waals surface area (Å²) in [7, 11) is 3.64. The van der Waals surface area contributed by atoms with Gasteiger partial charge >= 0.3 is 0 Å². The number of rotatable bonds is 2. The van der Waals surface area contributed by atoms with Crippen molar-refractivity contribution in [1.82, 2.24) is 15.1 Å². The SMILES string of the molecule is CNC(=O)[C@@H]1CN(C)CCN(C(=O)c2c(C)oc3c2CCCC3)C1. The topological polar surface area (TPSA) is 65.8 Å². The second kappa shape index (κ2) is 6.97. The average Bonchev–Trinajstić information content (AvgIpc) is 2.78. The van der Waals surface area contributed by atoms with Crippen molar-refractivity contribution in [3.05, 3.63) is 22.6 Å². The van der Waals surface area contributed by atoms with Crippen molar-refractivity contribution in [2.45, 2.75) is 32.6 Å². The van der Waals surface area contributed by atoms with Gasteiger partial charge in [-0.2, -0.15) is 0 Å². The van der Waals surface area contributed by atoms with Gasteiger partial charge < -0.3 is 19.5 Å². The number of carbonyl (C=O) groups is 2. The Balaban J connectivity index is 1.86. The van der Waals surface area contributed by atoms with E-state index < -0.39 is 0 Å². The van der Waals surface area contributed by atoms with Crippen LogP contribution in [0.15, 0.2) is 4.42 Å². The molecule has 6 nitrogen and oxygen atoms in total. The normalized spacial score (nSPS) is 22.0. The molecule has 1 atom stereocenters. The number of carbonyl (C=O) groups excluding carboxylic acids is 2. The van der Waals surface area contributed by atoms with Gasteiger partial charge in [0.05, 0.1) is 11.5 Å². The molecule has 0 unspecified atom stereocenters. The first-order valence-corrected chi connectivity index (χ1v) is 8.81. The summed E-state index contributed by atoms with van der Waals surface area (Å²) in [6, 6.07) is 0. The Bertz CT molecular complexity index is 638. The van der Waals surface area contributed by atoms with Crippen molar-refractivity contribution >= 4 is 11.8 Å². The molecule has 1 fully saturated rings. The van der Waals surface area contributed by atoms with E-state index in [2.05, 4.69) is 10.2 Å². The molecule has 6 heteroatoms. The Morgan fingerprint density at radius 3 is 2.67 bits per heavy atom. The zero-order valence-corrected chi connectivity index (χ0v) is 14.9. The van der Waals surface area contributed by atoms with Crippen LogP contribution in [0.3, 0.4) is 0 Å². The average molecular weight is 333 g/mol. The second-order valence-corrected chi connectivity index (χ2v) is 6.97. The summed E-state index contributed by atoms with van der Waals surface area (Å²) in [5.41, 5.74) is 1.84.